The molecule has 0 amide bonds. The minimum absolute atomic E-state index is 0. The lowest BCUT2D eigenvalue weighted by Crippen LogP contribution is -2.50. The first-order chi connectivity index (χ1) is 4.13. The van der Waals surface area contributed by atoms with Gasteiger partial charge in [0.1, 0.15) is 0 Å². The second-order valence-corrected chi connectivity index (χ2v) is 3.56. The zero-order valence-electron chi connectivity index (χ0n) is 7.09. The average molecular weight is 201 g/mol. The minimum Gasteiger partial charge on any atom is -0.327 e. The predicted octanol–water partition coefficient (Wildman–Crippen LogP) is 1.18. The SMILES string of the molecule is CC1(C)CNCCC1N.Cl.Cl. The largest absolute Gasteiger partial charge is 0.327 e. The van der Waals surface area contributed by atoms with Gasteiger partial charge in [-0.2, -0.15) is 0 Å². The van der Waals surface area contributed by atoms with Crippen LogP contribution in [-0.2, 0) is 0 Å². The molecule has 1 heterocycles. The Morgan fingerprint density at radius 1 is 1.36 bits per heavy atom. The molecule has 1 saturated heterocycles. The van der Waals surface area contributed by atoms with E-state index in [2.05, 4.69) is 19.2 Å². The molecule has 1 rings (SSSR count). The van der Waals surface area contributed by atoms with Crippen molar-refractivity contribution >= 4 is 24.8 Å². The Labute approximate surface area is 81.1 Å². The molecule has 0 aliphatic carbocycles. The van der Waals surface area contributed by atoms with E-state index in [1.54, 1.807) is 0 Å². The summed E-state index contributed by atoms with van der Waals surface area (Å²) in [7, 11) is 0. The van der Waals surface area contributed by atoms with Gasteiger partial charge in [-0.3, -0.25) is 0 Å². The molecule has 70 valence electrons. The molecule has 0 aromatic heterocycles. The van der Waals surface area contributed by atoms with E-state index in [0.717, 1.165) is 19.5 Å². The molecular formula is C7H18Cl2N2. The molecule has 3 N–H and O–H groups in total. The number of piperidine rings is 1. The molecule has 0 aromatic rings. The quantitative estimate of drug-likeness (QED) is 0.617. The molecule has 1 aliphatic heterocycles. The second-order valence-electron chi connectivity index (χ2n) is 3.56. The summed E-state index contributed by atoms with van der Waals surface area (Å²) < 4.78 is 0. The first-order valence-corrected chi connectivity index (χ1v) is 3.59. The molecular weight excluding hydrogens is 183 g/mol. The molecule has 0 saturated carbocycles. The van der Waals surface area contributed by atoms with Crippen molar-refractivity contribution in [1.29, 1.82) is 0 Å². The van der Waals surface area contributed by atoms with Gasteiger partial charge in [0.15, 0.2) is 0 Å². The summed E-state index contributed by atoms with van der Waals surface area (Å²) in [6.45, 7) is 6.58. The summed E-state index contributed by atoms with van der Waals surface area (Å²) in [5, 5.41) is 3.33. The van der Waals surface area contributed by atoms with Crippen LogP contribution in [0.1, 0.15) is 20.3 Å². The van der Waals surface area contributed by atoms with E-state index < -0.39 is 0 Å². The maximum absolute atomic E-state index is 5.87. The normalized spacial score (nSPS) is 28.1. The molecule has 11 heavy (non-hydrogen) atoms. The van der Waals surface area contributed by atoms with Crippen LogP contribution < -0.4 is 11.1 Å². The van der Waals surface area contributed by atoms with Crippen LogP contribution in [0.2, 0.25) is 0 Å². The van der Waals surface area contributed by atoms with Crippen molar-refractivity contribution < 1.29 is 0 Å². The molecule has 1 fully saturated rings. The monoisotopic (exact) mass is 200 g/mol. The van der Waals surface area contributed by atoms with Gasteiger partial charge >= 0.3 is 0 Å². The Bertz CT molecular complexity index is 107. The minimum atomic E-state index is 0. The van der Waals surface area contributed by atoms with Crippen molar-refractivity contribution in [2.24, 2.45) is 11.1 Å². The van der Waals surface area contributed by atoms with Gasteiger partial charge in [0.05, 0.1) is 0 Å². The maximum Gasteiger partial charge on any atom is 0.0114 e. The van der Waals surface area contributed by atoms with Crippen molar-refractivity contribution in [1.82, 2.24) is 5.32 Å². The van der Waals surface area contributed by atoms with Gasteiger partial charge in [0.2, 0.25) is 0 Å². The topological polar surface area (TPSA) is 38.0 Å². The van der Waals surface area contributed by atoms with Gasteiger partial charge < -0.3 is 11.1 Å². The molecule has 0 radical (unpaired) electrons. The molecule has 1 aliphatic rings. The fraction of sp³-hybridized carbons (Fsp3) is 1.00. The number of hydrogen-bond donors (Lipinski definition) is 2. The van der Waals surface area contributed by atoms with E-state index in [1.165, 1.54) is 0 Å². The molecule has 2 nitrogen and oxygen atoms in total. The zero-order chi connectivity index (χ0) is 6.91. The van der Waals surface area contributed by atoms with Crippen molar-refractivity contribution in [3.05, 3.63) is 0 Å². The smallest absolute Gasteiger partial charge is 0.0114 e. The third-order valence-electron chi connectivity index (χ3n) is 2.22. The van der Waals surface area contributed by atoms with Crippen LogP contribution in [0.4, 0.5) is 0 Å². The fourth-order valence-corrected chi connectivity index (χ4v) is 1.19. The lowest BCUT2D eigenvalue weighted by Gasteiger charge is -2.36. The standard InChI is InChI=1S/C7H16N2.2ClH/c1-7(2)5-9-4-3-6(7)8;;/h6,9H,3-5,8H2,1-2H3;2*1H. The summed E-state index contributed by atoms with van der Waals surface area (Å²) in [5.74, 6) is 0. The molecule has 4 heteroatoms. The van der Waals surface area contributed by atoms with Crippen molar-refractivity contribution in [3.8, 4) is 0 Å². The summed E-state index contributed by atoms with van der Waals surface area (Å²) in [6, 6.07) is 0.388. The van der Waals surface area contributed by atoms with Crippen LogP contribution in [0.5, 0.6) is 0 Å². The van der Waals surface area contributed by atoms with E-state index in [1.807, 2.05) is 0 Å². The first kappa shape index (κ1) is 14.0. The fourth-order valence-electron chi connectivity index (χ4n) is 1.19. The van der Waals surface area contributed by atoms with Crippen molar-refractivity contribution in [2.75, 3.05) is 13.1 Å². The van der Waals surface area contributed by atoms with E-state index >= 15 is 0 Å². The lowest BCUT2D eigenvalue weighted by molar-refractivity contribution is 0.221. The van der Waals surface area contributed by atoms with E-state index in [0.29, 0.717) is 11.5 Å². The molecule has 0 spiro atoms. The van der Waals surface area contributed by atoms with Gasteiger partial charge in [-0.15, -0.1) is 24.8 Å². The first-order valence-electron chi connectivity index (χ1n) is 3.59. The summed E-state index contributed by atoms with van der Waals surface area (Å²) in [5.41, 5.74) is 6.18. The Morgan fingerprint density at radius 3 is 2.18 bits per heavy atom. The molecule has 1 unspecified atom stereocenters. The Balaban J connectivity index is 0. The van der Waals surface area contributed by atoms with Crippen LogP contribution in [0.3, 0.4) is 0 Å². The summed E-state index contributed by atoms with van der Waals surface area (Å²) in [6.07, 6.45) is 1.12. The Morgan fingerprint density at radius 2 is 1.91 bits per heavy atom. The average Bonchev–Trinajstić information content (AvgIpc) is 1.77. The highest BCUT2D eigenvalue weighted by Crippen LogP contribution is 2.22. The van der Waals surface area contributed by atoms with Crippen molar-refractivity contribution in [2.45, 2.75) is 26.3 Å². The number of halogens is 2. The third-order valence-corrected chi connectivity index (χ3v) is 2.22. The molecule has 1 atom stereocenters. The van der Waals surface area contributed by atoms with Crippen molar-refractivity contribution in [3.63, 3.8) is 0 Å². The highest BCUT2D eigenvalue weighted by atomic mass is 35.5. The second kappa shape index (κ2) is 5.20. The van der Waals surface area contributed by atoms with Crippen LogP contribution in [-0.4, -0.2) is 19.1 Å². The van der Waals surface area contributed by atoms with Crippen LogP contribution in [0.25, 0.3) is 0 Å². The highest BCUT2D eigenvalue weighted by Gasteiger charge is 2.28. The number of hydrogen-bond acceptors (Lipinski definition) is 2. The number of nitrogens with two attached hydrogens (primary N) is 1. The van der Waals surface area contributed by atoms with Crippen LogP contribution >= 0.6 is 24.8 Å². The van der Waals surface area contributed by atoms with E-state index in [-0.39, 0.29) is 24.8 Å². The van der Waals surface area contributed by atoms with Gasteiger partial charge in [0, 0.05) is 12.6 Å². The van der Waals surface area contributed by atoms with E-state index in [9.17, 15) is 0 Å². The summed E-state index contributed by atoms with van der Waals surface area (Å²) in [4.78, 5) is 0. The third kappa shape index (κ3) is 3.61. The summed E-state index contributed by atoms with van der Waals surface area (Å²) >= 11 is 0. The highest BCUT2D eigenvalue weighted by molar-refractivity contribution is 5.85. The van der Waals surface area contributed by atoms with E-state index in [4.69, 9.17) is 5.73 Å². The zero-order valence-corrected chi connectivity index (χ0v) is 8.73. The molecule has 0 bridgehead atoms. The maximum atomic E-state index is 5.87. The van der Waals surface area contributed by atoms with Crippen LogP contribution in [0, 0.1) is 5.41 Å². The lowest BCUT2D eigenvalue weighted by atomic mass is 9.81. The van der Waals surface area contributed by atoms with Gasteiger partial charge in [-0.25, -0.2) is 0 Å². The Kier molecular flexibility index (Phi) is 6.64. The predicted molar refractivity (Wildman–Crippen MR) is 53.7 cm³/mol. The Hall–Kier alpha value is 0.500. The van der Waals surface area contributed by atoms with Gasteiger partial charge in [-0.05, 0) is 18.4 Å². The van der Waals surface area contributed by atoms with Gasteiger partial charge in [0.25, 0.3) is 0 Å². The number of rotatable bonds is 0. The number of nitrogens with one attached hydrogen (secondary N) is 1. The van der Waals surface area contributed by atoms with Crippen LogP contribution in [0.15, 0.2) is 0 Å². The molecule has 0 aromatic carbocycles. The van der Waals surface area contributed by atoms with Gasteiger partial charge in [-0.1, -0.05) is 13.8 Å².